The molecule has 1 aromatic carbocycles. The van der Waals surface area contributed by atoms with Crippen molar-refractivity contribution in [2.24, 2.45) is 17.3 Å². The molecule has 242 valence electrons. The zero-order valence-electron chi connectivity index (χ0n) is 26.4. The lowest BCUT2D eigenvalue weighted by atomic mass is 9.76. The first-order valence-electron chi connectivity index (χ1n) is 14.9. The van der Waals surface area contributed by atoms with Crippen LogP contribution in [0.4, 0.5) is 5.69 Å². The van der Waals surface area contributed by atoms with E-state index in [4.69, 9.17) is 14.3 Å². The third-order valence-corrected chi connectivity index (χ3v) is 7.71. The number of benzene rings is 1. The molecule has 2 atom stereocenters. The third kappa shape index (κ3) is 11.7. The number of anilines is 1. The maximum Gasteiger partial charge on any atom is 0.373 e. The number of carbonyl (C=O) groups excluding carboxylic acids is 8. The van der Waals surface area contributed by atoms with Crippen molar-refractivity contribution in [2.45, 2.75) is 73.1 Å². The lowest BCUT2D eigenvalue weighted by molar-refractivity contribution is -0.191. The number of hydrogen-bond acceptors (Lipinski definition) is 9. The average Bonchev–Trinajstić information content (AvgIpc) is 3.44. The number of imide groups is 2. The zero-order valence-corrected chi connectivity index (χ0v) is 26.4. The molecule has 3 rings (SSSR count). The van der Waals surface area contributed by atoms with E-state index in [2.05, 4.69) is 39.9 Å². The molecule has 0 aromatic heterocycles. The Balaban J connectivity index is 0.00000226. The summed E-state index contributed by atoms with van der Waals surface area (Å²) in [7, 11) is 0. The summed E-state index contributed by atoms with van der Waals surface area (Å²) in [6, 6.07) is 5.35. The van der Waals surface area contributed by atoms with Crippen LogP contribution in [-0.4, -0.2) is 64.5 Å². The molecule has 0 saturated carbocycles. The van der Waals surface area contributed by atoms with Gasteiger partial charge < -0.3 is 10.1 Å². The van der Waals surface area contributed by atoms with Gasteiger partial charge in [0.05, 0.1) is 5.69 Å². The average molecular weight is 624 g/mol. The largest absolute Gasteiger partial charge is 0.424 e. The Morgan fingerprint density at radius 1 is 0.844 bits per heavy atom. The van der Waals surface area contributed by atoms with E-state index in [1.165, 1.54) is 24.3 Å². The molecule has 12 nitrogen and oxygen atoms in total. The van der Waals surface area contributed by atoms with E-state index >= 15 is 0 Å². The van der Waals surface area contributed by atoms with E-state index in [0.717, 1.165) is 28.2 Å². The molecule has 0 bridgehead atoms. The molecule has 1 N–H and O–H groups in total. The second-order valence-electron chi connectivity index (χ2n) is 12.3. The van der Waals surface area contributed by atoms with Gasteiger partial charge in [-0.2, -0.15) is 9.59 Å². The van der Waals surface area contributed by atoms with Crippen LogP contribution in [0.3, 0.4) is 0 Å². The maximum atomic E-state index is 12.8. The smallest absolute Gasteiger partial charge is 0.373 e. The van der Waals surface area contributed by atoms with Crippen molar-refractivity contribution in [2.75, 3.05) is 18.4 Å². The zero-order chi connectivity index (χ0) is 33.7. The van der Waals surface area contributed by atoms with Gasteiger partial charge in [-0.1, -0.05) is 40.7 Å². The van der Waals surface area contributed by atoms with Gasteiger partial charge in [0, 0.05) is 50.2 Å². The van der Waals surface area contributed by atoms with Gasteiger partial charge >= 0.3 is 12.1 Å². The quantitative estimate of drug-likeness (QED) is 0.185. The van der Waals surface area contributed by atoms with Gasteiger partial charge in [-0.25, -0.2) is 0 Å². The predicted octanol–water partition coefficient (Wildman–Crippen LogP) is 3.61. The molecular formula is C33H41N3O9. The molecule has 0 spiro atoms. The molecule has 1 unspecified atom stereocenters. The topological polar surface area (TPSA) is 164 Å². The van der Waals surface area contributed by atoms with E-state index < -0.39 is 29.6 Å². The van der Waals surface area contributed by atoms with E-state index in [1.54, 1.807) is 6.07 Å². The molecule has 12 heteroatoms. The van der Waals surface area contributed by atoms with Crippen LogP contribution in [-0.2, 0) is 44.8 Å². The van der Waals surface area contributed by atoms with Crippen LogP contribution in [0.25, 0.3) is 0 Å². The van der Waals surface area contributed by atoms with Crippen molar-refractivity contribution in [1.29, 1.82) is 0 Å². The van der Waals surface area contributed by atoms with Crippen molar-refractivity contribution in [3.8, 4) is 5.75 Å². The van der Waals surface area contributed by atoms with E-state index in [0.29, 0.717) is 17.5 Å². The highest BCUT2D eigenvalue weighted by molar-refractivity contribution is 6.13. The second-order valence-corrected chi connectivity index (χ2v) is 12.3. The molecular weight excluding hydrogens is 582 g/mol. The summed E-state index contributed by atoms with van der Waals surface area (Å²) >= 11 is 0. The first kappa shape index (κ1) is 36.5. The van der Waals surface area contributed by atoms with E-state index in [-0.39, 0.29) is 62.0 Å². The molecule has 0 saturated heterocycles. The van der Waals surface area contributed by atoms with Crippen LogP contribution >= 0.6 is 0 Å². The molecule has 2 heterocycles. The Morgan fingerprint density at radius 2 is 1.33 bits per heavy atom. The normalized spacial score (nSPS) is 15.5. The number of rotatable bonds is 14. The number of hydrogen-bond donors (Lipinski definition) is 1. The third-order valence-electron chi connectivity index (χ3n) is 7.71. The summed E-state index contributed by atoms with van der Waals surface area (Å²) in [6.07, 6.45) is 7.40. The lowest BCUT2D eigenvalue weighted by Gasteiger charge is -2.29. The highest BCUT2D eigenvalue weighted by Crippen LogP contribution is 2.33. The minimum atomic E-state index is -0.559. The summed E-state index contributed by atoms with van der Waals surface area (Å²) in [5.41, 5.74) is 1.53. The van der Waals surface area contributed by atoms with Crippen LogP contribution in [0.5, 0.6) is 5.75 Å². The van der Waals surface area contributed by atoms with Crippen LogP contribution in [0.15, 0.2) is 42.5 Å². The molecule has 0 fully saturated rings. The minimum absolute atomic E-state index is 0.0279. The van der Waals surface area contributed by atoms with E-state index in [9.17, 15) is 28.8 Å². The molecule has 0 aliphatic carbocycles. The van der Waals surface area contributed by atoms with Gasteiger partial charge in [-0.15, -0.1) is 0 Å². The first-order chi connectivity index (χ1) is 21.2. The fraction of sp³-hybridized carbons (Fsp3) is 0.485. The number of esters is 1. The monoisotopic (exact) mass is 623 g/mol. The first-order valence-corrected chi connectivity index (χ1v) is 14.9. The van der Waals surface area contributed by atoms with Gasteiger partial charge in [0.25, 0.3) is 23.6 Å². The molecule has 45 heavy (non-hydrogen) atoms. The predicted molar refractivity (Wildman–Crippen MR) is 162 cm³/mol. The highest BCUT2D eigenvalue weighted by atomic mass is 16.5. The van der Waals surface area contributed by atoms with Crippen molar-refractivity contribution in [3.05, 3.63) is 48.1 Å². The number of carbonyl (C=O) groups is 6. The number of amides is 5. The molecule has 0 radical (unpaired) electrons. The van der Waals surface area contributed by atoms with Gasteiger partial charge in [-0.05, 0) is 60.6 Å². The fourth-order valence-electron chi connectivity index (χ4n) is 4.80. The van der Waals surface area contributed by atoms with Gasteiger partial charge in [-0.3, -0.25) is 38.6 Å². The Kier molecular flexibility index (Phi) is 13.8. The SMILES string of the molecule is CC(C[C@@H](C)Cc1ccc(OC(=O)CCCN2C(=O)C=CC2=O)c(NC(=O)CCCN2C(=O)C=CC2=O)c1)C(C)(C)C.O=C=O. The summed E-state index contributed by atoms with van der Waals surface area (Å²) < 4.78 is 5.58. The Hall–Kier alpha value is -4.70. The summed E-state index contributed by atoms with van der Waals surface area (Å²) in [5.74, 6) is -1.43. The Bertz CT molecular complexity index is 1350. The van der Waals surface area contributed by atoms with Crippen LogP contribution in [0, 0.1) is 17.3 Å². The van der Waals surface area contributed by atoms with Gasteiger partial charge in [0.15, 0.2) is 5.75 Å². The van der Waals surface area contributed by atoms with Gasteiger partial charge in [0.1, 0.15) is 0 Å². The maximum absolute atomic E-state index is 12.8. The van der Waals surface area contributed by atoms with Crippen molar-refractivity contribution >= 4 is 47.3 Å². The number of ether oxygens (including phenoxy) is 1. The molecule has 1 aromatic rings. The Labute approximate surface area is 262 Å². The summed E-state index contributed by atoms with van der Waals surface area (Å²) in [4.78, 5) is 90.8. The number of nitrogens with zero attached hydrogens (tertiary/aromatic N) is 2. The molecule has 5 amide bonds. The lowest BCUT2D eigenvalue weighted by Crippen LogP contribution is -2.31. The van der Waals surface area contributed by atoms with Crippen molar-refractivity contribution in [3.63, 3.8) is 0 Å². The second kappa shape index (κ2) is 17.0. The van der Waals surface area contributed by atoms with Crippen LogP contribution in [0.1, 0.15) is 72.3 Å². The molecule has 2 aliphatic rings. The fourth-order valence-corrected chi connectivity index (χ4v) is 4.80. The number of nitrogens with one attached hydrogen (secondary N) is 1. The molecule has 2 aliphatic heterocycles. The van der Waals surface area contributed by atoms with Gasteiger partial charge in [0.2, 0.25) is 5.91 Å². The van der Waals surface area contributed by atoms with Crippen LogP contribution < -0.4 is 10.1 Å². The Morgan fingerprint density at radius 3 is 1.82 bits per heavy atom. The van der Waals surface area contributed by atoms with Crippen molar-refractivity contribution < 1.29 is 43.1 Å². The highest BCUT2D eigenvalue weighted by Gasteiger charge is 2.25. The van der Waals surface area contributed by atoms with E-state index in [1.807, 2.05) is 12.1 Å². The standard InChI is InChI=1S/C32H41N3O7.CO2/c1-21(18-22(2)32(3,4)5)19-23-10-11-25(42-31(41)9-7-17-35-29(39)14-15-30(35)40)24(20-23)33-26(36)8-6-16-34-27(37)12-13-28(34)38;2-1-3/h10-15,20-22H,6-9,16-19H2,1-5H3,(H,33,36);/t21-,22?;/m1./s1. The summed E-state index contributed by atoms with van der Waals surface area (Å²) in [5, 5.41) is 2.83. The van der Waals surface area contributed by atoms with Crippen LogP contribution in [0.2, 0.25) is 0 Å². The summed E-state index contributed by atoms with van der Waals surface area (Å²) in [6.45, 7) is 11.3. The van der Waals surface area contributed by atoms with Crippen molar-refractivity contribution in [1.82, 2.24) is 9.80 Å². The minimum Gasteiger partial charge on any atom is -0.424 e.